The number of fused-ring (bicyclic) bond motifs is 1. The lowest BCUT2D eigenvalue weighted by molar-refractivity contribution is 0.0520. The van der Waals surface area contributed by atoms with Crippen LogP contribution < -0.4 is 4.90 Å². The number of aromatic nitrogens is 2. The van der Waals surface area contributed by atoms with Gasteiger partial charge in [0.15, 0.2) is 11.5 Å². The van der Waals surface area contributed by atoms with Gasteiger partial charge in [0.25, 0.3) is 0 Å². The van der Waals surface area contributed by atoms with E-state index >= 15 is 0 Å². The van der Waals surface area contributed by atoms with Gasteiger partial charge in [-0.1, -0.05) is 18.2 Å². The number of esters is 1. The fraction of sp³-hybridized carbons (Fsp3) is 0.286. The number of para-hydroxylation sites is 2. The van der Waals surface area contributed by atoms with Gasteiger partial charge in [0, 0.05) is 26.2 Å². The van der Waals surface area contributed by atoms with E-state index in [0.29, 0.717) is 29.9 Å². The van der Waals surface area contributed by atoms with E-state index in [2.05, 4.69) is 9.97 Å². The monoisotopic (exact) mass is 444 g/mol. The summed E-state index contributed by atoms with van der Waals surface area (Å²) in [4.78, 5) is 23.3. The van der Waals surface area contributed by atoms with E-state index < -0.39 is 21.8 Å². The topological polar surface area (TPSA) is 92.7 Å². The van der Waals surface area contributed by atoms with Gasteiger partial charge < -0.3 is 9.64 Å². The number of carbonyl (C=O) groups is 1. The smallest absolute Gasteiger partial charge is 0.360 e. The average Bonchev–Trinajstić information content (AvgIpc) is 2.78. The van der Waals surface area contributed by atoms with Crippen LogP contribution in [0.15, 0.2) is 53.4 Å². The Hall–Kier alpha value is -3.11. The number of ether oxygens (including phenoxy) is 1. The van der Waals surface area contributed by atoms with Crippen molar-refractivity contribution < 1.29 is 22.3 Å². The van der Waals surface area contributed by atoms with Crippen molar-refractivity contribution >= 4 is 32.8 Å². The van der Waals surface area contributed by atoms with E-state index in [1.54, 1.807) is 19.1 Å². The molecule has 1 fully saturated rings. The second kappa shape index (κ2) is 8.56. The predicted molar refractivity (Wildman–Crippen MR) is 113 cm³/mol. The molecular weight excluding hydrogens is 423 g/mol. The van der Waals surface area contributed by atoms with Crippen LogP contribution in [0.2, 0.25) is 0 Å². The molecule has 0 spiro atoms. The van der Waals surface area contributed by atoms with Crippen molar-refractivity contribution in [1.29, 1.82) is 0 Å². The van der Waals surface area contributed by atoms with E-state index in [-0.39, 0.29) is 30.3 Å². The first kappa shape index (κ1) is 21.1. The van der Waals surface area contributed by atoms with Crippen molar-refractivity contribution in [2.24, 2.45) is 0 Å². The summed E-state index contributed by atoms with van der Waals surface area (Å²) in [5, 5.41) is 0. The average molecular weight is 444 g/mol. The number of rotatable bonds is 5. The van der Waals surface area contributed by atoms with Crippen molar-refractivity contribution in [2.75, 3.05) is 37.7 Å². The van der Waals surface area contributed by atoms with Crippen LogP contribution in [0, 0.1) is 5.82 Å². The lowest BCUT2D eigenvalue weighted by Gasteiger charge is -2.35. The van der Waals surface area contributed by atoms with Crippen molar-refractivity contribution in [3.63, 3.8) is 0 Å². The van der Waals surface area contributed by atoms with Gasteiger partial charge in [0.2, 0.25) is 10.0 Å². The summed E-state index contributed by atoms with van der Waals surface area (Å²) in [5.74, 6) is -0.823. The Morgan fingerprint density at radius 2 is 1.71 bits per heavy atom. The minimum atomic E-state index is -3.82. The molecule has 0 N–H and O–H groups in total. The number of carbonyl (C=O) groups excluding carboxylic acids is 1. The molecule has 1 saturated heterocycles. The lowest BCUT2D eigenvalue weighted by atomic mass is 10.2. The molecule has 0 aliphatic carbocycles. The Bertz CT molecular complexity index is 1230. The largest absolute Gasteiger partial charge is 0.461 e. The van der Waals surface area contributed by atoms with Crippen molar-refractivity contribution in [3.05, 3.63) is 60.0 Å². The normalized spacial score (nSPS) is 15.2. The van der Waals surface area contributed by atoms with Crippen molar-refractivity contribution in [2.45, 2.75) is 11.8 Å². The second-order valence-electron chi connectivity index (χ2n) is 6.95. The molecule has 2 aromatic carbocycles. The molecule has 10 heteroatoms. The molecule has 162 valence electrons. The van der Waals surface area contributed by atoms with Crippen LogP contribution in [-0.2, 0) is 14.8 Å². The molecule has 3 aromatic rings. The number of hydrogen-bond acceptors (Lipinski definition) is 7. The van der Waals surface area contributed by atoms with Gasteiger partial charge in [-0.15, -0.1) is 0 Å². The zero-order chi connectivity index (χ0) is 22.0. The van der Waals surface area contributed by atoms with Crippen LogP contribution >= 0.6 is 0 Å². The highest BCUT2D eigenvalue weighted by Crippen LogP contribution is 2.25. The number of nitrogens with zero attached hydrogens (tertiary/aromatic N) is 4. The van der Waals surface area contributed by atoms with Gasteiger partial charge in [0.05, 0.1) is 22.5 Å². The summed E-state index contributed by atoms with van der Waals surface area (Å²) in [6.07, 6.45) is 0. The first-order chi connectivity index (χ1) is 14.9. The summed E-state index contributed by atoms with van der Waals surface area (Å²) in [6, 6.07) is 12.1. The van der Waals surface area contributed by atoms with Gasteiger partial charge in [-0.3, -0.25) is 0 Å². The minimum Gasteiger partial charge on any atom is -0.461 e. The third-order valence-corrected chi connectivity index (χ3v) is 6.89. The number of piperazine rings is 1. The van der Waals surface area contributed by atoms with Crippen LogP contribution in [0.4, 0.5) is 10.2 Å². The molecule has 1 aliphatic rings. The SMILES string of the molecule is CCOC(=O)c1nc2ccccc2nc1N1CCN(S(=O)(=O)c2cccc(F)c2)CC1. The van der Waals surface area contributed by atoms with Crippen LogP contribution in [0.1, 0.15) is 17.4 Å². The quantitative estimate of drug-likeness (QED) is 0.558. The van der Waals surface area contributed by atoms with Crippen LogP contribution in [0.25, 0.3) is 11.0 Å². The summed E-state index contributed by atoms with van der Waals surface area (Å²) >= 11 is 0. The van der Waals surface area contributed by atoms with Crippen LogP contribution in [-0.4, -0.2) is 61.4 Å². The van der Waals surface area contributed by atoms with Crippen LogP contribution in [0.5, 0.6) is 0 Å². The Labute approximate surface area is 179 Å². The maximum Gasteiger partial charge on any atom is 0.360 e. The molecule has 0 unspecified atom stereocenters. The third-order valence-electron chi connectivity index (χ3n) is 4.99. The second-order valence-corrected chi connectivity index (χ2v) is 8.89. The van der Waals surface area contributed by atoms with Crippen LogP contribution in [0.3, 0.4) is 0 Å². The maximum absolute atomic E-state index is 13.5. The third kappa shape index (κ3) is 4.21. The molecule has 1 aromatic heterocycles. The fourth-order valence-electron chi connectivity index (χ4n) is 3.46. The Morgan fingerprint density at radius 1 is 1.03 bits per heavy atom. The van der Waals surface area contributed by atoms with Gasteiger partial charge >= 0.3 is 5.97 Å². The molecular formula is C21H21FN4O4S. The van der Waals surface area contributed by atoms with Gasteiger partial charge in [-0.05, 0) is 37.3 Å². The van der Waals surface area contributed by atoms with E-state index in [1.165, 1.54) is 22.5 Å². The summed E-state index contributed by atoms with van der Waals surface area (Å²) in [7, 11) is -3.82. The van der Waals surface area contributed by atoms with Crippen molar-refractivity contribution in [1.82, 2.24) is 14.3 Å². The standard InChI is InChI=1S/C21H21FN4O4S/c1-2-30-21(27)19-20(24-18-9-4-3-8-17(18)23-19)25-10-12-26(13-11-25)31(28,29)16-7-5-6-15(22)14-16/h3-9,14H,2,10-13H2,1H3. The summed E-state index contributed by atoms with van der Waals surface area (Å²) < 4.78 is 45.7. The molecule has 2 heterocycles. The van der Waals surface area contributed by atoms with Gasteiger partial charge in [-0.25, -0.2) is 27.6 Å². The molecule has 1 aliphatic heterocycles. The van der Waals surface area contributed by atoms with Crippen molar-refractivity contribution in [3.8, 4) is 0 Å². The van der Waals surface area contributed by atoms with E-state index in [0.717, 1.165) is 6.07 Å². The molecule has 8 nitrogen and oxygen atoms in total. The summed E-state index contributed by atoms with van der Waals surface area (Å²) in [5.41, 5.74) is 1.30. The Morgan fingerprint density at radius 3 is 2.35 bits per heavy atom. The first-order valence-corrected chi connectivity index (χ1v) is 11.3. The zero-order valence-electron chi connectivity index (χ0n) is 16.9. The Balaban J connectivity index is 1.61. The fourth-order valence-corrected chi connectivity index (χ4v) is 4.92. The van der Waals surface area contributed by atoms with E-state index in [9.17, 15) is 17.6 Å². The number of anilines is 1. The number of benzene rings is 2. The van der Waals surface area contributed by atoms with Gasteiger partial charge in [0.1, 0.15) is 5.82 Å². The molecule has 4 rings (SSSR count). The molecule has 0 amide bonds. The van der Waals surface area contributed by atoms with Gasteiger partial charge in [-0.2, -0.15) is 4.31 Å². The zero-order valence-corrected chi connectivity index (χ0v) is 17.7. The summed E-state index contributed by atoms with van der Waals surface area (Å²) in [6.45, 7) is 2.84. The highest BCUT2D eigenvalue weighted by atomic mass is 32.2. The molecule has 0 saturated carbocycles. The highest BCUT2D eigenvalue weighted by molar-refractivity contribution is 7.89. The number of sulfonamides is 1. The van der Waals surface area contributed by atoms with E-state index in [1.807, 2.05) is 17.0 Å². The molecule has 0 radical (unpaired) electrons. The molecule has 0 bridgehead atoms. The number of hydrogen-bond donors (Lipinski definition) is 0. The predicted octanol–water partition coefficient (Wildman–Crippen LogP) is 2.46. The maximum atomic E-state index is 13.5. The lowest BCUT2D eigenvalue weighted by Crippen LogP contribution is -2.49. The Kier molecular flexibility index (Phi) is 5.84. The van der Waals surface area contributed by atoms with E-state index in [4.69, 9.17) is 4.74 Å². The first-order valence-electron chi connectivity index (χ1n) is 9.84. The minimum absolute atomic E-state index is 0.0846. The molecule has 0 atom stereocenters. The number of halogens is 1. The molecule has 31 heavy (non-hydrogen) atoms. The highest BCUT2D eigenvalue weighted by Gasteiger charge is 2.31.